The summed E-state index contributed by atoms with van der Waals surface area (Å²) in [7, 11) is 1.69. The second-order valence-electron chi connectivity index (χ2n) is 6.54. The molecule has 1 aromatic heterocycles. The molecule has 0 aliphatic heterocycles. The predicted octanol–water partition coefficient (Wildman–Crippen LogP) is 5.05. The van der Waals surface area contributed by atoms with Gasteiger partial charge in [0.2, 0.25) is 0 Å². The van der Waals surface area contributed by atoms with Crippen molar-refractivity contribution in [1.82, 2.24) is 10.3 Å². The molecule has 0 radical (unpaired) electrons. The number of aryl methyl sites for hydroxylation is 2. The van der Waals surface area contributed by atoms with Gasteiger partial charge in [0.05, 0.1) is 12.8 Å². The minimum absolute atomic E-state index is 0.499. The highest BCUT2D eigenvalue weighted by atomic mass is 32.1. The second-order valence-corrected chi connectivity index (χ2v) is 8.15. The van der Waals surface area contributed by atoms with Gasteiger partial charge in [-0.05, 0) is 62.7 Å². The monoisotopic (exact) mass is 375 g/mol. The maximum Gasteiger partial charge on any atom is 0.189 e. The number of rotatable bonds is 4. The first-order valence-corrected chi connectivity index (χ1v) is 9.99. The van der Waals surface area contributed by atoms with E-state index in [-0.39, 0.29) is 0 Å². The van der Waals surface area contributed by atoms with Gasteiger partial charge in [-0.15, -0.1) is 11.3 Å². The van der Waals surface area contributed by atoms with Crippen LogP contribution in [0.15, 0.2) is 18.2 Å². The number of nitrogens with one attached hydrogen (secondary N) is 2. The standard InChI is InChI=1S/C19H25N3OS2/c1-12-11-14(9-10-16(12)23-3)17-13(2)25-19(21-17)22-18(24)20-15-7-5-4-6-8-15/h9-11,15H,4-8H2,1-3H3,(H2,20,21,22,24). The lowest BCUT2D eigenvalue weighted by molar-refractivity contribution is 0.412. The molecule has 6 heteroatoms. The van der Waals surface area contributed by atoms with Crippen LogP contribution in [0.2, 0.25) is 0 Å². The molecule has 0 saturated heterocycles. The highest BCUT2D eigenvalue weighted by Crippen LogP contribution is 2.32. The van der Waals surface area contributed by atoms with E-state index in [0.717, 1.165) is 27.7 Å². The summed E-state index contributed by atoms with van der Waals surface area (Å²) in [5.41, 5.74) is 3.21. The summed E-state index contributed by atoms with van der Waals surface area (Å²) >= 11 is 7.10. The van der Waals surface area contributed by atoms with Crippen molar-refractivity contribution in [3.63, 3.8) is 0 Å². The number of nitrogens with zero attached hydrogens (tertiary/aromatic N) is 1. The summed E-state index contributed by atoms with van der Waals surface area (Å²) in [5.74, 6) is 0.896. The van der Waals surface area contributed by atoms with E-state index in [1.807, 2.05) is 13.0 Å². The lowest BCUT2D eigenvalue weighted by atomic mass is 9.96. The summed E-state index contributed by atoms with van der Waals surface area (Å²) in [4.78, 5) is 5.92. The molecule has 0 amide bonds. The minimum atomic E-state index is 0.499. The molecule has 4 nitrogen and oxygen atoms in total. The van der Waals surface area contributed by atoms with Gasteiger partial charge in [-0.1, -0.05) is 19.3 Å². The van der Waals surface area contributed by atoms with E-state index < -0.39 is 0 Å². The van der Waals surface area contributed by atoms with E-state index in [2.05, 4.69) is 29.7 Å². The number of benzene rings is 1. The largest absolute Gasteiger partial charge is 0.496 e. The van der Waals surface area contributed by atoms with Crippen molar-refractivity contribution >= 4 is 33.8 Å². The van der Waals surface area contributed by atoms with Crippen molar-refractivity contribution in [2.24, 2.45) is 0 Å². The Labute approximate surface area is 159 Å². The maximum atomic E-state index is 5.47. The second kappa shape index (κ2) is 8.15. The summed E-state index contributed by atoms with van der Waals surface area (Å²) in [6, 6.07) is 6.66. The first-order valence-electron chi connectivity index (χ1n) is 8.77. The Bertz CT molecular complexity index is 751. The molecule has 0 spiro atoms. The number of thiocarbonyl (C=S) groups is 1. The van der Waals surface area contributed by atoms with Gasteiger partial charge in [0.15, 0.2) is 10.2 Å². The molecule has 134 valence electrons. The molecule has 1 heterocycles. The Morgan fingerprint density at radius 2 is 2.00 bits per heavy atom. The van der Waals surface area contributed by atoms with Crippen molar-refractivity contribution in [2.75, 3.05) is 12.4 Å². The topological polar surface area (TPSA) is 46.2 Å². The summed E-state index contributed by atoms with van der Waals surface area (Å²) in [6.07, 6.45) is 6.33. The predicted molar refractivity (Wildman–Crippen MR) is 110 cm³/mol. The Hall–Kier alpha value is -1.66. The quantitative estimate of drug-likeness (QED) is 0.732. The van der Waals surface area contributed by atoms with Crippen LogP contribution < -0.4 is 15.4 Å². The third-order valence-electron chi connectivity index (χ3n) is 4.63. The van der Waals surface area contributed by atoms with Crippen LogP contribution in [0.25, 0.3) is 11.3 Å². The lowest BCUT2D eigenvalue weighted by Gasteiger charge is -2.23. The summed E-state index contributed by atoms with van der Waals surface area (Å²) in [5, 5.41) is 8.21. The Morgan fingerprint density at radius 1 is 1.24 bits per heavy atom. The highest BCUT2D eigenvalue weighted by Gasteiger charge is 2.16. The fourth-order valence-corrected chi connectivity index (χ4v) is 4.48. The van der Waals surface area contributed by atoms with Crippen LogP contribution in [0, 0.1) is 13.8 Å². The van der Waals surface area contributed by atoms with Crippen molar-refractivity contribution in [3.8, 4) is 17.0 Å². The highest BCUT2D eigenvalue weighted by molar-refractivity contribution is 7.80. The maximum absolute atomic E-state index is 5.47. The zero-order valence-corrected chi connectivity index (χ0v) is 16.6. The van der Waals surface area contributed by atoms with E-state index in [4.69, 9.17) is 21.9 Å². The molecular weight excluding hydrogens is 350 g/mol. The van der Waals surface area contributed by atoms with Crippen LogP contribution in [0.5, 0.6) is 5.75 Å². The first-order chi connectivity index (χ1) is 12.1. The molecule has 25 heavy (non-hydrogen) atoms. The molecule has 1 aliphatic carbocycles. The van der Waals surface area contributed by atoms with Crippen LogP contribution in [0.4, 0.5) is 5.13 Å². The normalized spacial score (nSPS) is 15.0. The number of ether oxygens (including phenoxy) is 1. The first kappa shape index (κ1) is 18.1. The van der Waals surface area contributed by atoms with Gasteiger partial charge in [-0.25, -0.2) is 4.98 Å². The Morgan fingerprint density at radius 3 is 2.68 bits per heavy atom. The summed E-state index contributed by atoms with van der Waals surface area (Å²) in [6.45, 7) is 4.14. The van der Waals surface area contributed by atoms with Gasteiger partial charge < -0.3 is 15.4 Å². The number of anilines is 1. The number of aromatic nitrogens is 1. The van der Waals surface area contributed by atoms with Gasteiger partial charge in [-0.3, -0.25) is 0 Å². The number of hydrogen-bond acceptors (Lipinski definition) is 4. The molecular formula is C19H25N3OS2. The fourth-order valence-electron chi connectivity index (χ4n) is 3.31. The smallest absolute Gasteiger partial charge is 0.189 e. The van der Waals surface area contributed by atoms with Crippen LogP contribution in [-0.4, -0.2) is 23.2 Å². The van der Waals surface area contributed by atoms with E-state index in [1.54, 1.807) is 18.4 Å². The average Bonchev–Trinajstić information content (AvgIpc) is 2.95. The molecule has 2 N–H and O–H groups in total. The zero-order chi connectivity index (χ0) is 17.8. The van der Waals surface area contributed by atoms with Gasteiger partial charge >= 0.3 is 0 Å². The molecule has 0 bridgehead atoms. The van der Waals surface area contributed by atoms with Crippen LogP contribution >= 0.6 is 23.6 Å². The van der Waals surface area contributed by atoms with E-state index in [0.29, 0.717) is 11.2 Å². The lowest BCUT2D eigenvalue weighted by Crippen LogP contribution is -2.38. The Balaban J connectivity index is 1.69. The van der Waals surface area contributed by atoms with Gasteiger partial charge in [0.25, 0.3) is 0 Å². The Kier molecular flexibility index (Phi) is 5.91. The van der Waals surface area contributed by atoms with Crippen molar-refractivity contribution in [3.05, 3.63) is 28.6 Å². The molecule has 1 fully saturated rings. The molecule has 1 aliphatic rings. The van der Waals surface area contributed by atoms with Crippen molar-refractivity contribution < 1.29 is 4.74 Å². The number of hydrogen-bond donors (Lipinski definition) is 2. The van der Waals surface area contributed by atoms with Gasteiger partial charge in [-0.2, -0.15) is 0 Å². The zero-order valence-electron chi connectivity index (χ0n) is 15.0. The van der Waals surface area contributed by atoms with E-state index >= 15 is 0 Å². The molecule has 1 aromatic carbocycles. The molecule has 0 atom stereocenters. The number of thiazole rings is 1. The fraction of sp³-hybridized carbons (Fsp3) is 0.474. The van der Waals surface area contributed by atoms with Gasteiger partial charge in [0.1, 0.15) is 5.75 Å². The third-order valence-corrected chi connectivity index (χ3v) is 5.73. The van der Waals surface area contributed by atoms with Crippen molar-refractivity contribution in [2.45, 2.75) is 52.0 Å². The average molecular weight is 376 g/mol. The van der Waals surface area contributed by atoms with Gasteiger partial charge in [0, 0.05) is 16.5 Å². The molecule has 3 rings (SSSR count). The van der Waals surface area contributed by atoms with Crippen LogP contribution in [0.3, 0.4) is 0 Å². The van der Waals surface area contributed by atoms with E-state index in [9.17, 15) is 0 Å². The SMILES string of the molecule is COc1ccc(-c2nc(NC(=S)NC3CCCCC3)sc2C)cc1C. The third kappa shape index (κ3) is 4.50. The van der Waals surface area contributed by atoms with Crippen molar-refractivity contribution in [1.29, 1.82) is 0 Å². The molecule has 2 aromatic rings. The van der Waals surface area contributed by atoms with Crippen LogP contribution in [-0.2, 0) is 0 Å². The number of methoxy groups -OCH3 is 1. The minimum Gasteiger partial charge on any atom is -0.496 e. The summed E-state index contributed by atoms with van der Waals surface area (Å²) < 4.78 is 5.34. The molecule has 1 saturated carbocycles. The molecule has 0 unspecified atom stereocenters. The van der Waals surface area contributed by atoms with E-state index in [1.165, 1.54) is 37.0 Å². The van der Waals surface area contributed by atoms with Crippen LogP contribution in [0.1, 0.15) is 42.5 Å².